The third-order valence-electron chi connectivity index (χ3n) is 2.61. The molecule has 82 valence electrons. The van der Waals surface area contributed by atoms with Gasteiger partial charge in [-0.3, -0.25) is 0 Å². The Morgan fingerprint density at radius 1 is 1.40 bits per heavy atom. The van der Waals surface area contributed by atoms with E-state index >= 15 is 0 Å². The van der Waals surface area contributed by atoms with E-state index in [9.17, 15) is 8.78 Å². The van der Waals surface area contributed by atoms with Crippen LogP contribution in [0.15, 0.2) is 30.9 Å². The molecule has 0 aromatic heterocycles. The number of halogens is 2. The third kappa shape index (κ3) is 2.23. The SMILES string of the molecule is C=CCC(C)(CN)c1c(F)cccc1F. The Morgan fingerprint density at radius 2 is 1.93 bits per heavy atom. The smallest absolute Gasteiger partial charge is 0.129 e. The Balaban J connectivity index is 3.28. The zero-order valence-electron chi connectivity index (χ0n) is 8.76. The highest BCUT2D eigenvalue weighted by molar-refractivity contribution is 5.29. The van der Waals surface area contributed by atoms with E-state index in [-0.39, 0.29) is 12.1 Å². The average molecular weight is 211 g/mol. The van der Waals surface area contributed by atoms with E-state index in [0.29, 0.717) is 6.42 Å². The van der Waals surface area contributed by atoms with Crippen LogP contribution in [-0.4, -0.2) is 6.54 Å². The molecule has 0 amide bonds. The molecule has 0 fully saturated rings. The molecule has 0 saturated heterocycles. The molecule has 15 heavy (non-hydrogen) atoms. The summed E-state index contributed by atoms with van der Waals surface area (Å²) in [6, 6.07) is 3.84. The van der Waals surface area contributed by atoms with E-state index in [1.54, 1.807) is 13.0 Å². The first kappa shape index (κ1) is 11.9. The molecule has 1 unspecified atom stereocenters. The Hall–Kier alpha value is -1.22. The van der Waals surface area contributed by atoms with Crippen LogP contribution in [0.3, 0.4) is 0 Å². The van der Waals surface area contributed by atoms with Crippen LogP contribution in [0.5, 0.6) is 0 Å². The molecule has 0 heterocycles. The van der Waals surface area contributed by atoms with Crippen LogP contribution in [0, 0.1) is 11.6 Å². The molecule has 1 aromatic rings. The molecule has 1 rings (SSSR count). The number of allylic oxidation sites excluding steroid dienone is 1. The molecule has 0 spiro atoms. The summed E-state index contributed by atoms with van der Waals surface area (Å²) in [7, 11) is 0. The largest absolute Gasteiger partial charge is 0.330 e. The predicted octanol–water partition coefficient (Wildman–Crippen LogP) is 2.76. The normalized spacial score (nSPS) is 14.7. The first-order valence-corrected chi connectivity index (χ1v) is 4.80. The lowest BCUT2D eigenvalue weighted by atomic mass is 9.79. The van der Waals surface area contributed by atoms with Crippen molar-refractivity contribution in [3.8, 4) is 0 Å². The molecular formula is C12H15F2N. The summed E-state index contributed by atoms with van der Waals surface area (Å²) in [6.07, 6.45) is 2.07. The topological polar surface area (TPSA) is 26.0 Å². The first-order valence-electron chi connectivity index (χ1n) is 4.80. The minimum Gasteiger partial charge on any atom is -0.330 e. The van der Waals surface area contributed by atoms with Gasteiger partial charge < -0.3 is 5.73 Å². The van der Waals surface area contributed by atoms with Crippen LogP contribution >= 0.6 is 0 Å². The van der Waals surface area contributed by atoms with Gasteiger partial charge in [0.25, 0.3) is 0 Å². The van der Waals surface area contributed by atoms with Gasteiger partial charge in [-0.25, -0.2) is 8.78 Å². The van der Waals surface area contributed by atoms with Crippen molar-refractivity contribution in [2.75, 3.05) is 6.54 Å². The van der Waals surface area contributed by atoms with E-state index in [2.05, 4.69) is 6.58 Å². The molecule has 1 aromatic carbocycles. The molecule has 0 bridgehead atoms. The molecule has 0 aliphatic heterocycles. The molecule has 0 aliphatic carbocycles. The van der Waals surface area contributed by atoms with Crippen molar-refractivity contribution in [3.63, 3.8) is 0 Å². The number of rotatable bonds is 4. The fourth-order valence-electron chi connectivity index (χ4n) is 1.68. The summed E-state index contributed by atoms with van der Waals surface area (Å²) in [5.74, 6) is -1.10. The van der Waals surface area contributed by atoms with E-state index in [1.807, 2.05) is 0 Å². The van der Waals surface area contributed by atoms with Gasteiger partial charge in [0.05, 0.1) is 0 Å². The third-order valence-corrected chi connectivity index (χ3v) is 2.61. The second-order valence-electron chi connectivity index (χ2n) is 3.85. The van der Waals surface area contributed by atoms with Crippen molar-refractivity contribution in [2.24, 2.45) is 5.73 Å². The molecule has 3 heteroatoms. The van der Waals surface area contributed by atoms with Crippen molar-refractivity contribution < 1.29 is 8.78 Å². The minimum absolute atomic E-state index is 0.0485. The second kappa shape index (κ2) is 4.53. The van der Waals surface area contributed by atoms with E-state index in [1.165, 1.54) is 18.2 Å². The second-order valence-corrected chi connectivity index (χ2v) is 3.85. The highest BCUT2D eigenvalue weighted by Crippen LogP contribution is 2.31. The Kier molecular flexibility index (Phi) is 3.58. The lowest BCUT2D eigenvalue weighted by molar-refractivity contribution is 0.426. The first-order chi connectivity index (χ1) is 7.05. The van der Waals surface area contributed by atoms with Gasteiger partial charge in [-0.05, 0) is 18.6 Å². The quantitative estimate of drug-likeness (QED) is 0.761. The highest BCUT2D eigenvalue weighted by atomic mass is 19.1. The van der Waals surface area contributed by atoms with Crippen molar-refractivity contribution >= 4 is 0 Å². The Bertz CT molecular complexity index is 342. The van der Waals surface area contributed by atoms with Gasteiger partial charge >= 0.3 is 0 Å². The monoisotopic (exact) mass is 211 g/mol. The summed E-state index contributed by atoms with van der Waals surface area (Å²) >= 11 is 0. The van der Waals surface area contributed by atoms with Crippen LogP contribution in [-0.2, 0) is 5.41 Å². The van der Waals surface area contributed by atoms with Gasteiger partial charge in [-0.2, -0.15) is 0 Å². The van der Waals surface area contributed by atoms with Crippen LogP contribution in [0.2, 0.25) is 0 Å². The Morgan fingerprint density at radius 3 is 2.33 bits per heavy atom. The molecule has 0 radical (unpaired) electrons. The van der Waals surface area contributed by atoms with Crippen LogP contribution < -0.4 is 5.73 Å². The summed E-state index contributed by atoms with van der Waals surface area (Å²) in [4.78, 5) is 0. The average Bonchev–Trinajstić information content (AvgIpc) is 2.18. The van der Waals surface area contributed by atoms with Gasteiger partial charge in [0.2, 0.25) is 0 Å². The predicted molar refractivity (Wildman–Crippen MR) is 57.6 cm³/mol. The van der Waals surface area contributed by atoms with Crippen LogP contribution in [0.4, 0.5) is 8.78 Å². The fraction of sp³-hybridized carbons (Fsp3) is 0.333. The number of hydrogen-bond donors (Lipinski definition) is 1. The lowest BCUT2D eigenvalue weighted by Crippen LogP contribution is -2.33. The van der Waals surface area contributed by atoms with E-state index in [4.69, 9.17) is 5.73 Å². The summed E-state index contributed by atoms with van der Waals surface area (Å²) < 4.78 is 27.1. The van der Waals surface area contributed by atoms with Crippen LogP contribution in [0.1, 0.15) is 18.9 Å². The van der Waals surface area contributed by atoms with Gasteiger partial charge in [0.1, 0.15) is 11.6 Å². The molecule has 0 aliphatic rings. The van der Waals surface area contributed by atoms with Gasteiger partial charge in [-0.1, -0.05) is 19.1 Å². The van der Waals surface area contributed by atoms with Crippen molar-refractivity contribution in [2.45, 2.75) is 18.8 Å². The highest BCUT2D eigenvalue weighted by Gasteiger charge is 2.29. The van der Waals surface area contributed by atoms with Crippen molar-refractivity contribution in [3.05, 3.63) is 48.1 Å². The lowest BCUT2D eigenvalue weighted by Gasteiger charge is -2.27. The maximum Gasteiger partial charge on any atom is 0.129 e. The standard InChI is InChI=1S/C12H15F2N/c1-3-7-12(2,8-15)11-9(13)5-4-6-10(11)14/h3-6H,1,7-8,15H2,2H3. The summed E-state index contributed by atoms with van der Waals surface area (Å²) in [5.41, 5.74) is 4.91. The summed E-state index contributed by atoms with van der Waals surface area (Å²) in [5, 5.41) is 0. The number of nitrogens with two attached hydrogens (primary N) is 1. The van der Waals surface area contributed by atoms with Crippen LogP contribution in [0.25, 0.3) is 0 Å². The van der Waals surface area contributed by atoms with Crippen molar-refractivity contribution in [1.82, 2.24) is 0 Å². The molecule has 1 nitrogen and oxygen atoms in total. The van der Waals surface area contributed by atoms with Gasteiger partial charge in [0.15, 0.2) is 0 Å². The number of benzene rings is 1. The fourth-order valence-corrected chi connectivity index (χ4v) is 1.68. The molecule has 0 saturated carbocycles. The van der Waals surface area contributed by atoms with E-state index in [0.717, 1.165) is 0 Å². The van der Waals surface area contributed by atoms with Gasteiger partial charge in [0, 0.05) is 17.5 Å². The summed E-state index contributed by atoms with van der Waals surface area (Å²) in [6.45, 7) is 5.49. The minimum atomic E-state index is -0.725. The van der Waals surface area contributed by atoms with Crippen molar-refractivity contribution in [1.29, 1.82) is 0 Å². The van der Waals surface area contributed by atoms with E-state index < -0.39 is 17.0 Å². The van der Waals surface area contributed by atoms with Gasteiger partial charge in [-0.15, -0.1) is 6.58 Å². The number of hydrogen-bond acceptors (Lipinski definition) is 1. The molecular weight excluding hydrogens is 196 g/mol. The zero-order chi connectivity index (χ0) is 11.5. The maximum absolute atomic E-state index is 13.5. The maximum atomic E-state index is 13.5. The molecule has 2 N–H and O–H groups in total. The Labute approximate surface area is 88.6 Å². The molecule has 1 atom stereocenters. The zero-order valence-corrected chi connectivity index (χ0v) is 8.76.